The molecule has 0 bridgehead atoms. The molecule has 26 heavy (non-hydrogen) atoms. The standard InChI is InChI=1S/C20H23NO5/c1-5-26-16-7-6-12(8-17(16)23-2)13-10-20(22)21-15-11-19(25-4)18(24-3)9-14(13)15/h6-9,11,13H,5,10H2,1-4H3,(H,21,22)/t13-/m1/s1. The molecule has 1 aliphatic rings. The largest absolute Gasteiger partial charge is 0.493 e. The van der Waals surface area contributed by atoms with Gasteiger partial charge in [0.25, 0.3) is 0 Å². The number of carbonyl (C=O) groups excluding carboxylic acids is 1. The van der Waals surface area contributed by atoms with Gasteiger partial charge >= 0.3 is 0 Å². The number of carbonyl (C=O) groups is 1. The monoisotopic (exact) mass is 357 g/mol. The summed E-state index contributed by atoms with van der Waals surface area (Å²) in [6.45, 7) is 2.48. The molecule has 0 saturated heterocycles. The van der Waals surface area contributed by atoms with Gasteiger partial charge in [-0.1, -0.05) is 6.07 Å². The van der Waals surface area contributed by atoms with Gasteiger partial charge < -0.3 is 24.3 Å². The summed E-state index contributed by atoms with van der Waals surface area (Å²) in [6, 6.07) is 9.49. The van der Waals surface area contributed by atoms with Crippen molar-refractivity contribution in [1.29, 1.82) is 0 Å². The topological polar surface area (TPSA) is 66.0 Å². The number of amides is 1. The van der Waals surface area contributed by atoms with Gasteiger partial charge in [0.1, 0.15) is 0 Å². The zero-order chi connectivity index (χ0) is 18.7. The Balaban J connectivity index is 2.08. The van der Waals surface area contributed by atoms with E-state index in [4.69, 9.17) is 18.9 Å². The van der Waals surface area contributed by atoms with Gasteiger partial charge in [-0.2, -0.15) is 0 Å². The molecular weight excluding hydrogens is 334 g/mol. The highest BCUT2D eigenvalue weighted by Crippen LogP contribution is 2.44. The predicted molar refractivity (Wildman–Crippen MR) is 98.8 cm³/mol. The number of methoxy groups -OCH3 is 3. The lowest BCUT2D eigenvalue weighted by Crippen LogP contribution is -2.23. The van der Waals surface area contributed by atoms with Gasteiger partial charge in [-0.15, -0.1) is 0 Å². The summed E-state index contributed by atoms with van der Waals surface area (Å²) < 4.78 is 21.8. The van der Waals surface area contributed by atoms with E-state index in [0.29, 0.717) is 36.0 Å². The van der Waals surface area contributed by atoms with E-state index < -0.39 is 0 Å². The second-order valence-electron chi connectivity index (χ2n) is 5.94. The van der Waals surface area contributed by atoms with E-state index in [1.54, 1.807) is 27.4 Å². The molecule has 6 heteroatoms. The zero-order valence-corrected chi connectivity index (χ0v) is 15.4. The quantitative estimate of drug-likeness (QED) is 0.856. The van der Waals surface area contributed by atoms with Crippen molar-refractivity contribution in [3.8, 4) is 23.0 Å². The number of hydrogen-bond donors (Lipinski definition) is 1. The second kappa shape index (κ2) is 7.56. The minimum Gasteiger partial charge on any atom is -0.493 e. The molecule has 0 aromatic heterocycles. The van der Waals surface area contributed by atoms with Crippen LogP contribution in [0, 0.1) is 0 Å². The second-order valence-corrected chi connectivity index (χ2v) is 5.94. The van der Waals surface area contributed by atoms with Crippen LogP contribution in [-0.2, 0) is 4.79 Å². The summed E-state index contributed by atoms with van der Waals surface area (Å²) in [6.07, 6.45) is 0.347. The number of hydrogen-bond acceptors (Lipinski definition) is 5. The molecule has 1 heterocycles. The van der Waals surface area contributed by atoms with Crippen molar-refractivity contribution in [2.45, 2.75) is 19.3 Å². The van der Waals surface area contributed by atoms with Crippen molar-refractivity contribution in [3.05, 3.63) is 41.5 Å². The molecule has 2 aromatic carbocycles. The molecule has 1 aliphatic heterocycles. The molecule has 2 aromatic rings. The Hall–Kier alpha value is -2.89. The Kier molecular flexibility index (Phi) is 5.21. The number of ether oxygens (including phenoxy) is 4. The summed E-state index contributed by atoms with van der Waals surface area (Å²) in [7, 11) is 4.78. The van der Waals surface area contributed by atoms with Crippen molar-refractivity contribution in [2.24, 2.45) is 0 Å². The van der Waals surface area contributed by atoms with Crippen LogP contribution in [0.3, 0.4) is 0 Å². The SMILES string of the molecule is CCOc1ccc([C@H]2CC(=O)Nc3cc(OC)c(OC)cc32)cc1OC. The smallest absolute Gasteiger partial charge is 0.225 e. The fraction of sp³-hybridized carbons (Fsp3) is 0.350. The molecule has 0 saturated carbocycles. The Morgan fingerprint density at radius 1 is 0.962 bits per heavy atom. The summed E-state index contributed by atoms with van der Waals surface area (Å²) in [5.74, 6) is 2.40. The predicted octanol–water partition coefficient (Wildman–Crippen LogP) is 3.59. The number of fused-ring (bicyclic) bond motifs is 1. The van der Waals surface area contributed by atoms with Crippen LogP contribution in [0.5, 0.6) is 23.0 Å². The molecule has 1 amide bonds. The summed E-state index contributed by atoms with van der Waals surface area (Å²) in [5, 5.41) is 2.92. The summed E-state index contributed by atoms with van der Waals surface area (Å²) in [4.78, 5) is 12.2. The first-order valence-corrected chi connectivity index (χ1v) is 8.47. The first kappa shape index (κ1) is 17.9. The minimum absolute atomic E-state index is 0.0393. The van der Waals surface area contributed by atoms with Gasteiger partial charge in [-0.05, 0) is 36.2 Å². The van der Waals surface area contributed by atoms with Crippen molar-refractivity contribution in [3.63, 3.8) is 0 Å². The molecule has 138 valence electrons. The lowest BCUT2D eigenvalue weighted by atomic mass is 9.84. The highest BCUT2D eigenvalue weighted by molar-refractivity contribution is 5.96. The maximum Gasteiger partial charge on any atom is 0.225 e. The first-order valence-electron chi connectivity index (χ1n) is 8.47. The van der Waals surface area contributed by atoms with Crippen LogP contribution in [0.1, 0.15) is 30.4 Å². The van der Waals surface area contributed by atoms with Crippen LogP contribution < -0.4 is 24.3 Å². The summed E-state index contributed by atoms with van der Waals surface area (Å²) >= 11 is 0. The molecule has 0 unspecified atom stereocenters. The molecule has 0 spiro atoms. The number of anilines is 1. The minimum atomic E-state index is -0.108. The summed E-state index contributed by atoms with van der Waals surface area (Å²) in [5.41, 5.74) is 2.69. The maximum atomic E-state index is 12.2. The highest BCUT2D eigenvalue weighted by Gasteiger charge is 2.29. The van der Waals surface area contributed by atoms with E-state index in [2.05, 4.69) is 5.32 Å². The maximum absolute atomic E-state index is 12.2. The Morgan fingerprint density at radius 2 is 1.62 bits per heavy atom. The Morgan fingerprint density at radius 3 is 2.27 bits per heavy atom. The third-order valence-corrected chi connectivity index (χ3v) is 4.48. The normalized spacial score (nSPS) is 15.7. The third-order valence-electron chi connectivity index (χ3n) is 4.48. The molecule has 1 atom stereocenters. The van der Waals surface area contributed by atoms with Crippen LogP contribution in [0.4, 0.5) is 5.69 Å². The molecular formula is C20H23NO5. The average Bonchev–Trinajstić information content (AvgIpc) is 2.66. The first-order chi connectivity index (χ1) is 12.6. The lowest BCUT2D eigenvalue weighted by Gasteiger charge is -2.27. The van der Waals surface area contributed by atoms with Crippen LogP contribution in [-0.4, -0.2) is 33.8 Å². The van der Waals surface area contributed by atoms with Crippen molar-refractivity contribution in [1.82, 2.24) is 0 Å². The zero-order valence-electron chi connectivity index (χ0n) is 15.4. The molecule has 6 nitrogen and oxygen atoms in total. The van der Waals surface area contributed by atoms with Gasteiger partial charge in [0.15, 0.2) is 23.0 Å². The van der Waals surface area contributed by atoms with Crippen LogP contribution in [0.25, 0.3) is 0 Å². The van der Waals surface area contributed by atoms with Crippen LogP contribution in [0.2, 0.25) is 0 Å². The Labute approximate surface area is 153 Å². The van der Waals surface area contributed by atoms with E-state index in [1.807, 2.05) is 31.2 Å². The fourth-order valence-electron chi connectivity index (χ4n) is 3.26. The van der Waals surface area contributed by atoms with Crippen molar-refractivity contribution >= 4 is 11.6 Å². The molecule has 1 N–H and O–H groups in total. The number of benzene rings is 2. The highest BCUT2D eigenvalue weighted by atomic mass is 16.5. The number of rotatable bonds is 6. The Bertz CT molecular complexity index is 818. The van der Waals surface area contributed by atoms with E-state index in [0.717, 1.165) is 16.8 Å². The molecule has 0 aliphatic carbocycles. The van der Waals surface area contributed by atoms with Gasteiger partial charge in [0.05, 0.1) is 27.9 Å². The molecule has 0 fully saturated rings. The molecule has 3 rings (SSSR count). The van der Waals surface area contributed by atoms with Gasteiger partial charge in [-0.25, -0.2) is 0 Å². The lowest BCUT2D eigenvalue weighted by molar-refractivity contribution is -0.116. The van der Waals surface area contributed by atoms with Crippen LogP contribution >= 0.6 is 0 Å². The van der Waals surface area contributed by atoms with E-state index in [9.17, 15) is 4.79 Å². The molecule has 0 radical (unpaired) electrons. The fourth-order valence-corrected chi connectivity index (χ4v) is 3.26. The average molecular weight is 357 g/mol. The van der Waals surface area contributed by atoms with Gasteiger partial charge in [-0.3, -0.25) is 4.79 Å². The van der Waals surface area contributed by atoms with Crippen molar-refractivity contribution < 1.29 is 23.7 Å². The van der Waals surface area contributed by atoms with Crippen LogP contribution in [0.15, 0.2) is 30.3 Å². The third kappa shape index (κ3) is 3.27. The van der Waals surface area contributed by atoms with Crippen molar-refractivity contribution in [2.75, 3.05) is 33.3 Å². The van der Waals surface area contributed by atoms with Gasteiger partial charge in [0.2, 0.25) is 5.91 Å². The van der Waals surface area contributed by atoms with E-state index in [1.165, 1.54) is 0 Å². The van der Waals surface area contributed by atoms with E-state index in [-0.39, 0.29) is 11.8 Å². The number of nitrogens with one attached hydrogen (secondary N) is 1. The van der Waals surface area contributed by atoms with E-state index >= 15 is 0 Å². The van der Waals surface area contributed by atoms with Gasteiger partial charge in [0, 0.05) is 24.1 Å².